The highest BCUT2D eigenvalue weighted by atomic mass is 16.3. The summed E-state index contributed by atoms with van der Waals surface area (Å²) in [6, 6.07) is 14.3. The lowest BCUT2D eigenvalue weighted by atomic mass is 10.0. The zero-order valence-corrected chi connectivity index (χ0v) is 15.9. The van der Waals surface area contributed by atoms with E-state index in [0.717, 1.165) is 39.2 Å². The monoisotopic (exact) mass is 387 g/mol. The molecule has 0 bridgehead atoms. The van der Waals surface area contributed by atoms with Crippen LogP contribution in [0.2, 0.25) is 0 Å². The van der Waals surface area contributed by atoms with E-state index in [0.29, 0.717) is 6.54 Å². The van der Waals surface area contributed by atoms with Gasteiger partial charge in [-0.25, -0.2) is 4.98 Å². The van der Waals surface area contributed by atoms with E-state index >= 15 is 0 Å². The van der Waals surface area contributed by atoms with Crippen LogP contribution in [0.5, 0.6) is 0 Å². The summed E-state index contributed by atoms with van der Waals surface area (Å²) in [5, 5.41) is 16.5. The second kappa shape index (κ2) is 7.16. The van der Waals surface area contributed by atoms with Gasteiger partial charge in [-0.15, -0.1) is 5.53 Å². The normalized spacial score (nSPS) is 14.1. The van der Waals surface area contributed by atoms with Crippen LogP contribution in [0, 0.1) is 0 Å². The molecule has 0 saturated heterocycles. The predicted molar refractivity (Wildman–Crippen MR) is 112 cm³/mol. The molecule has 0 radical (unpaired) electrons. The number of anilines is 2. The Morgan fingerprint density at radius 2 is 2.10 bits per heavy atom. The summed E-state index contributed by atoms with van der Waals surface area (Å²) in [5.41, 5.74) is 11.2. The quantitative estimate of drug-likeness (QED) is 0.485. The molecule has 5 rings (SSSR count). The number of hydrazine groups is 2. The summed E-state index contributed by atoms with van der Waals surface area (Å²) in [4.78, 5) is 9.26. The third-order valence-electron chi connectivity index (χ3n) is 5.17. The molecule has 8 heteroatoms. The average Bonchev–Trinajstić information content (AvgIpc) is 3.40. The fourth-order valence-electron chi connectivity index (χ4n) is 3.57. The average molecular weight is 387 g/mol. The van der Waals surface area contributed by atoms with Crippen molar-refractivity contribution in [3.8, 4) is 11.3 Å². The van der Waals surface area contributed by atoms with Crippen LogP contribution in [0.3, 0.4) is 0 Å². The lowest BCUT2D eigenvalue weighted by Gasteiger charge is -2.25. The van der Waals surface area contributed by atoms with Gasteiger partial charge in [-0.3, -0.25) is 14.7 Å². The van der Waals surface area contributed by atoms with Crippen molar-refractivity contribution in [3.05, 3.63) is 66.6 Å². The molecule has 3 aromatic heterocycles. The molecule has 3 N–H and O–H groups in total. The minimum absolute atomic E-state index is 0.0493. The molecule has 8 nitrogen and oxygen atoms in total. The first-order valence-electron chi connectivity index (χ1n) is 9.53. The van der Waals surface area contributed by atoms with Crippen LogP contribution in [-0.2, 0) is 6.54 Å². The lowest BCUT2D eigenvalue weighted by Crippen LogP contribution is -2.38. The molecule has 4 aromatic rings. The fourth-order valence-corrected chi connectivity index (χ4v) is 3.57. The smallest absolute Gasteiger partial charge is 0.170 e. The van der Waals surface area contributed by atoms with Crippen LogP contribution in [0.4, 0.5) is 11.5 Å². The molecular weight excluding hydrogens is 366 g/mol. The number of nitrogens with one attached hydrogen (secondary N) is 2. The molecule has 0 fully saturated rings. The first-order chi connectivity index (χ1) is 14.2. The van der Waals surface area contributed by atoms with Gasteiger partial charge < -0.3 is 10.5 Å². The summed E-state index contributed by atoms with van der Waals surface area (Å²) >= 11 is 0. The van der Waals surface area contributed by atoms with Crippen molar-refractivity contribution in [2.24, 2.45) is 0 Å². The van der Waals surface area contributed by atoms with Gasteiger partial charge in [-0.2, -0.15) is 5.10 Å². The van der Waals surface area contributed by atoms with Crippen LogP contribution >= 0.6 is 0 Å². The molecule has 0 spiro atoms. The van der Waals surface area contributed by atoms with Crippen LogP contribution in [-0.4, -0.2) is 31.5 Å². The highest BCUT2D eigenvalue weighted by molar-refractivity contribution is 5.79. The van der Waals surface area contributed by atoms with Gasteiger partial charge in [0.05, 0.1) is 42.3 Å². The molecule has 1 atom stereocenters. The number of nitrogens with zero attached hydrogens (tertiary/aromatic N) is 5. The van der Waals surface area contributed by atoms with E-state index in [2.05, 4.69) is 46.2 Å². The summed E-state index contributed by atoms with van der Waals surface area (Å²) < 4.78 is 1.71. The molecular formula is C21H21N7O. The van der Waals surface area contributed by atoms with Crippen molar-refractivity contribution in [2.45, 2.75) is 19.5 Å². The number of fused-ring (bicyclic) bond motifs is 2. The van der Waals surface area contributed by atoms with Crippen molar-refractivity contribution in [3.63, 3.8) is 0 Å². The number of benzene rings is 1. The van der Waals surface area contributed by atoms with Gasteiger partial charge >= 0.3 is 0 Å². The number of hydrogen-bond donors (Lipinski definition) is 3. The van der Waals surface area contributed by atoms with Gasteiger partial charge in [-0.05, 0) is 42.8 Å². The van der Waals surface area contributed by atoms with Crippen LogP contribution in [0.15, 0.2) is 61.1 Å². The maximum atomic E-state index is 9.09. The van der Waals surface area contributed by atoms with Gasteiger partial charge in [0, 0.05) is 23.3 Å². The Balaban J connectivity index is 1.47. The Morgan fingerprint density at radius 3 is 3.00 bits per heavy atom. The van der Waals surface area contributed by atoms with E-state index in [9.17, 15) is 0 Å². The van der Waals surface area contributed by atoms with E-state index in [1.165, 1.54) is 0 Å². The summed E-state index contributed by atoms with van der Waals surface area (Å²) in [7, 11) is 0. The molecule has 1 aromatic carbocycles. The number of hydrogen-bond acceptors (Lipinski definition) is 7. The summed E-state index contributed by atoms with van der Waals surface area (Å²) in [6.45, 7) is 2.65. The van der Waals surface area contributed by atoms with Crippen molar-refractivity contribution in [2.75, 3.05) is 17.0 Å². The number of aliphatic hydroxyl groups is 1. The van der Waals surface area contributed by atoms with Crippen LogP contribution in [0.1, 0.15) is 18.5 Å². The lowest BCUT2D eigenvalue weighted by molar-refractivity contribution is 0.269. The van der Waals surface area contributed by atoms with Gasteiger partial charge in [0.1, 0.15) is 0 Å². The van der Waals surface area contributed by atoms with E-state index in [1.54, 1.807) is 10.9 Å². The first-order valence-corrected chi connectivity index (χ1v) is 9.53. The van der Waals surface area contributed by atoms with Gasteiger partial charge in [0.15, 0.2) is 5.82 Å². The van der Waals surface area contributed by atoms with Gasteiger partial charge in [-0.1, -0.05) is 12.1 Å². The third kappa shape index (κ3) is 3.18. The topological polar surface area (TPSA) is 91.1 Å². The summed E-state index contributed by atoms with van der Waals surface area (Å²) in [6.07, 6.45) is 5.47. The highest BCUT2D eigenvalue weighted by Gasteiger charge is 2.26. The Bertz CT molecular complexity index is 1170. The van der Waals surface area contributed by atoms with Crippen molar-refractivity contribution in [1.29, 1.82) is 0 Å². The minimum Gasteiger partial charge on any atom is -0.394 e. The second-order valence-corrected chi connectivity index (χ2v) is 7.02. The zero-order valence-electron chi connectivity index (χ0n) is 15.9. The molecule has 1 unspecified atom stereocenters. The van der Waals surface area contributed by atoms with Gasteiger partial charge in [0.25, 0.3) is 0 Å². The largest absolute Gasteiger partial charge is 0.394 e. The van der Waals surface area contributed by atoms with Crippen molar-refractivity contribution >= 4 is 22.4 Å². The number of pyridine rings is 2. The van der Waals surface area contributed by atoms with Gasteiger partial charge in [0.2, 0.25) is 0 Å². The van der Waals surface area contributed by atoms with E-state index < -0.39 is 0 Å². The molecule has 146 valence electrons. The molecule has 4 heterocycles. The Hall–Kier alpha value is -3.49. The standard InChI is InChI=1S/C21H21N7O/c1-14(15-4-5-18-16(11-15)3-2-8-22-18)28-21-20(25-26-28)7-6-19(24-21)17-12-23-27(13-17)9-10-29/h2-8,11-14,25-26,29H,9-10H2,1H3. The van der Waals surface area contributed by atoms with Crippen LogP contribution in [0.25, 0.3) is 22.2 Å². The van der Waals surface area contributed by atoms with Crippen molar-refractivity contribution in [1.82, 2.24) is 25.3 Å². The Labute approximate surface area is 167 Å². The predicted octanol–water partition coefficient (Wildman–Crippen LogP) is 2.90. The Kier molecular flexibility index (Phi) is 4.34. The second-order valence-electron chi connectivity index (χ2n) is 7.02. The molecule has 0 amide bonds. The fraction of sp³-hybridized carbons (Fsp3) is 0.190. The SMILES string of the molecule is CC(c1ccc2ncccc2c1)N1NNc2ccc(-c3cnn(CCO)c3)nc21. The number of rotatable bonds is 5. The molecule has 0 aliphatic carbocycles. The molecule has 1 aliphatic heterocycles. The number of aromatic nitrogens is 4. The third-order valence-corrected chi connectivity index (χ3v) is 5.17. The molecule has 1 aliphatic rings. The van der Waals surface area contributed by atoms with E-state index in [1.807, 2.05) is 41.7 Å². The maximum Gasteiger partial charge on any atom is 0.170 e. The van der Waals surface area contributed by atoms with Crippen LogP contribution < -0.4 is 16.0 Å². The number of aliphatic hydroxyl groups excluding tert-OH is 1. The first kappa shape index (κ1) is 17.6. The highest BCUT2D eigenvalue weighted by Crippen LogP contribution is 2.35. The summed E-state index contributed by atoms with van der Waals surface area (Å²) in [5.74, 6) is 0.830. The maximum absolute atomic E-state index is 9.09. The zero-order chi connectivity index (χ0) is 19.8. The molecule has 0 saturated carbocycles. The van der Waals surface area contributed by atoms with E-state index in [-0.39, 0.29) is 12.6 Å². The minimum atomic E-state index is 0.0493. The van der Waals surface area contributed by atoms with Crippen molar-refractivity contribution < 1.29 is 5.11 Å². The Morgan fingerprint density at radius 1 is 1.17 bits per heavy atom. The molecule has 29 heavy (non-hydrogen) atoms. The van der Waals surface area contributed by atoms with E-state index in [4.69, 9.17) is 10.1 Å².